The molecule has 1 aliphatic heterocycles. The van der Waals surface area contributed by atoms with Crippen LogP contribution in [0.15, 0.2) is 24.3 Å². The quantitative estimate of drug-likeness (QED) is 0.806. The summed E-state index contributed by atoms with van der Waals surface area (Å²) in [6.07, 6.45) is 0. The molecule has 2 rings (SSSR count). The monoisotopic (exact) mass is 249 g/mol. The second kappa shape index (κ2) is 6.55. The molecule has 0 spiro atoms. The summed E-state index contributed by atoms with van der Waals surface area (Å²) in [7, 11) is 0. The van der Waals surface area contributed by atoms with E-state index in [9.17, 15) is 4.79 Å². The van der Waals surface area contributed by atoms with Crippen molar-refractivity contribution in [2.45, 2.75) is 27.2 Å². The van der Waals surface area contributed by atoms with Gasteiger partial charge in [0.15, 0.2) is 0 Å². The molecule has 1 aromatic rings. The maximum atomic E-state index is 12.2. The highest BCUT2D eigenvalue weighted by molar-refractivity contribution is 5.94. The number of nitrogens with zero attached hydrogens (tertiary/aromatic N) is 1. The van der Waals surface area contributed by atoms with Crippen LogP contribution >= 0.6 is 0 Å². The zero-order chi connectivity index (χ0) is 12.3. The van der Waals surface area contributed by atoms with Crippen LogP contribution in [-0.2, 0) is 4.74 Å². The van der Waals surface area contributed by atoms with E-state index >= 15 is 0 Å². The van der Waals surface area contributed by atoms with Gasteiger partial charge in [-0.15, -0.1) is 0 Å². The fourth-order valence-electron chi connectivity index (χ4n) is 1.98. The Morgan fingerprint density at radius 2 is 1.94 bits per heavy atom. The molecule has 0 radical (unpaired) electrons. The lowest BCUT2D eigenvalue weighted by atomic mass is 10.0. The van der Waals surface area contributed by atoms with E-state index < -0.39 is 0 Å². The second-order valence-corrected chi connectivity index (χ2v) is 4.68. The summed E-state index contributed by atoms with van der Waals surface area (Å²) < 4.78 is 5.25. The highest BCUT2D eigenvalue weighted by Crippen LogP contribution is 2.17. The van der Waals surface area contributed by atoms with Crippen molar-refractivity contribution in [3.8, 4) is 0 Å². The molecule has 0 aromatic heterocycles. The minimum atomic E-state index is 0. The van der Waals surface area contributed by atoms with Crippen molar-refractivity contribution in [2.24, 2.45) is 0 Å². The van der Waals surface area contributed by atoms with Crippen molar-refractivity contribution in [2.75, 3.05) is 26.3 Å². The van der Waals surface area contributed by atoms with E-state index in [0.717, 1.165) is 5.56 Å². The summed E-state index contributed by atoms with van der Waals surface area (Å²) in [5.74, 6) is 0.572. The molecule has 0 aliphatic carbocycles. The molecule has 0 atom stereocenters. The fourth-order valence-corrected chi connectivity index (χ4v) is 1.98. The smallest absolute Gasteiger partial charge is 0.254 e. The third-order valence-electron chi connectivity index (χ3n) is 3.10. The first-order valence-corrected chi connectivity index (χ1v) is 6.15. The van der Waals surface area contributed by atoms with Crippen molar-refractivity contribution in [3.63, 3.8) is 0 Å². The number of benzene rings is 1. The van der Waals surface area contributed by atoms with Crippen LogP contribution in [0.3, 0.4) is 0 Å². The molecule has 1 fully saturated rings. The average Bonchev–Trinajstić information content (AvgIpc) is 2.39. The van der Waals surface area contributed by atoms with Crippen LogP contribution in [-0.4, -0.2) is 37.1 Å². The Kier molecular flexibility index (Phi) is 5.35. The van der Waals surface area contributed by atoms with Gasteiger partial charge in [-0.3, -0.25) is 4.79 Å². The Bertz CT molecular complexity index is 395. The van der Waals surface area contributed by atoms with Crippen molar-refractivity contribution in [1.29, 1.82) is 0 Å². The Morgan fingerprint density at radius 3 is 2.56 bits per heavy atom. The molecular formula is C15H23NO2. The average molecular weight is 249 g/mol. The molecule has 1 aliphatic rings. The van der Waals surface area contributed by atoms with Crippen molar-refractivity contribution in [3.05, 3.63) is 35.4 Å². The second-order valence-electron chi connectivity index (χ2n) is 4.68. The number of morpholine rings is 1. The molecule has 3 nitrogen and oxygen atoms in total. The molecule has 1 heterocycles. The number of carbonyl (C=O) groups excluding carboxylic acids is 1. The van der Waals surface area contributed by atoms with Gasteiger partial charge < -0.3 is 9.64 Å². The van der Waals surface area contributed by atoms with E-state index in [1.807, 2.05) is 23.1 Å². The van der Waals surface area contributed by atoms with E-state index in [1.165, 1.54) is 5.56 Å². The van der Waals surface area contributed by atoms with Crippen LogP contribution in [0.2, 0.25) is 0 Å². The molecule has 0 unspecified atom stereocenters. The highest BCUT2D eigenvalue weighted by Gasteiger charge is 2.18. The standard InChI is InChI=1S/C14H19NO2.CH4/c1-11(2)12-4-3-5-13(10-12)14(16)15-6-8-17-9-7-15;/h3-5,10-11H,6-9H2,1-2H3;1H4. The van der Waals surface area contributed by atoms with Gasteiger partial charge in [-0.2, -0.15) is 0 Å². The van der Waals surface area contributed by atoms with Gasteiger partial charge in [0.2, 0.25) is 0 Å². The van der Waals surface area contributed by atoms with Crippen LogP contribution in [0.4, 0.5) is 0 Å². The van der Waals surface area contributed by atoms with Crippen molar-refractivity contribution in [1.82, 2.24) is 4.90 Å². The van der Waals surface area contributed by atoms with Gasteiger partial charge in [0.05, 0.1) is 13.2 Å². The van der Waals surface area contributed by atoms with Crippen LogP contribution in [0.1, 0.15) is 43.1 Å². The van der Waals surface area contributed by atoms with Gasteiger partial charge in [0, 0.05) is 18.7 Å². The first-order chi connectivity index (χ1) is 8.18. The van der Waals surface area contributed by atoms with Crippen LogP contribution < -0.4 is 0 Å². The third kappa shape index (κ3) is 3.33. The summed E-state index contributed by atoms with van der Waals surface area (Å²) in [6.45, 7) is 6.97. The fraction of sp³-hybridized carbons (Fsp3) is 0.533. The number of carbonyl (C=O) groups is 1. The molecule has 18 heavy (non-hydrogen) atoms. The molecule has 0 saturated carbocycles. The number of rotatable bonds is 2. The molecule has 0 bridgehead atoms. The topological polar surface area (TPSA) is 29.5 Å². The Morgan fingerprint density at radius 1 is 1.28 bits per heavy atom. The zero-order valence-electron chi connectivity index (χ0n) is 10.5. The summed E-state index contributed by atoms with van der Waals surface area (Å²) in [5.41, 5.74) is 2.00. The summed E-state index contributed by atoms with van der Waals surface area (Å²) in [6, 6.07) is 7.93. The minimum Gasteiger partial charge on any atom is -0.378 e. The molecule has 1 amide bonds. The van der Waals surface area contributed by atoms with Crippen LogP contribution in [0.25, 0.3) is 0 Å². The highest BCUT2D eigenvalue weighted by atomic mass is 16.5. The number of amides is 1. The van der Waals surface area contributed by atoms with Gasteiger partial charge in [0.1, 0.15) is 0 Å². The molecule has 100 valence electrons. The number of hydrogen-bond acceptors (Lipinski definition) is 2. The molecule has 0 N–H and O–H groups in total. The number of hydrogen-bond donors (Lipinski definition) is 0. The van der Waals surface area contributed by atoms with E-state index in [-0.39, 0.29) is 13.3 Å². The van der Waals surface area contributed by atoms with E-state index in [1.54, 1.807) is 0 Å². The molecule has 1 saturated heterocycles. The predicted molar refractivity (Wildman–Crippen MR) is 74.0 cm³/mol. The van der Waals surface area contributed by atoms with Crippen LogP contribution in [0, 0.1) is 0 Å². The lowest BCUT2D eigenvalue weighted by Gasteiger charge is -2.27. The molecule has 1 aromatic carbocycles. The van der Waals surface area contributed by atoms with Crippen LogP contribution in [0.5, 0.6) is 0 Å². The largest absolute Gasteiger partial charge is 0.378 e. The Labute approximate surface area is 110 Å². The molecule has 3 heteroatoms. The Balaban J connectivity index is 0.00000162. The lowest BCUT2D eigenvalue weighted by molar-refractivity contribution is 0.0303. The van der Waals surface area contributed by atoms with Gasteiger partial charge in [-0.25, -0.2) is 0 Å². The lowest BCUT2D eigenvalue weighted by Crippen LogP contribution is -2.40. The molecular weight excluding hydrogens is 226 g/mol. The minimum absolute atomic E-state index is 0. The Hall–Kier alpha value is -1.35. The zero-order valence-corrected chi connectivity index (χ0v) is 10.5. The van der Waals surface area contributed by atoms with Gasteiger partial charge in [-0.1, -0.05) is 33.4 Å². The summed E-state index contributed by atoms with van der Waals surface area (Å²) in [5, 5.41) is 0. The van der Waals surface area contributed by atoms with E-state index in [0.29, 0.717) is 32.2 Å². The first-order valence-electron chi connectivity index (χ1n) is 6.15. The van der Waals surface area contributed by atoms with Gasteiger partial charge >= 0.3 is 0 Å². The SMILES string of the molecule is C.CC(C)c1cccc(C(=O)N2CCOCC2)c1. The predicted octanol–water partition coefficient (Wildman–Crippen LogP) is 2.92. The summed E-state index contributed by atoms with van der Waals surface area (Å²) in [4.78, 5) is 14.1. The van der Waals surface area contributed by atoms with Crippen molar-refractivity contribution < 1.29 is 9.53 Å². The van der Waals surface area contributed by atoms with Gasteiger partial charge in [-0.05, 0) is 23.6 Å². The van der Waals surface area contributed by atoms with E-state index in [2.05, 4.69) is 19.9 Å². The maximum absolute atomic E-state index is 12.2. The first kappa shape index (κ1) is 14.7. The summed E-state index contributed by atoms with van der Waals surface area (Å²) >= 11 is 0. The normalized spacial score (nSPS) is 15.4. The maximum Gasteiger partial charge on any atom is 0.254 e. The van der Waals surface area contributed by atoms with Crippen molar-refractivity contribution >= 4 is 5.91 Å². The van der Waals surface area contributed by atoms with Gasteiger partial charge in [0.25, 0.3) is 5.91 Å². The third-order valence-corrected chi connectivity index (χ3v) is 3.10. The van der Waals surface area contributed by atoms with E-state index in [4.69, 9.17) is 4.74 Å². The number of ether oxygens (including phenoxy) is 1.